The Morgan fingerprint density at radius 3 is 2.84 bits per heavy atom. The average Bonchev–Trinajstić information content (AvgIpc) is 2.82. The summed E-state index contributed by atoms with van der Waals surface area (Å²) < 4.78 is 27.9. The highest BCUT2D eigenvalue weighted by atomic mass is 32.2. The summed E-state index contributed by atoms with van der Waals surface area (Å²) in [5, 5.41) is 3.98. The van der Waals surface area contributed by atoms with Crippen LogP contribution >= 0.6 is 0 Å². The van der Waals surface area contributed by atoms with Crippen molar-refractivity contribution in [3.63, 3.8) is 0 Å². The zero-order valence-electron chi connectivity index (χ0n) is 10.1. The molecule has 0 radical (unpaired) electrons. The summed E-state index contributed by atoms with van der Waals surface area (Å²) in [6, 6.07) is 2.70. The second-order valence-corrected chi connectivity index (χ2v) is 5.45. The zero-order chi connectivity index (χ0) is 13.9. The van der Waals surface area contributed by atoms with Crippen LogP contribution in [0.5, 0.6) is 0 Å². The average molecular weight is 283 g/mol. The highest BCUT2D eigenvalue weighted by Crippen LogP contribution is 2.11. The Balaban J connectivity index is 2.13. The number of anilines is 1. The van der Waals surface area contributed by atoms with Crippen molar-refractivity contribution < 1.29 is 8.42 Å². The summed E-state index contributed by atoms with van der Waals surface area (Å²) in [6.45, 7) is 0.0108. The fourth-order valence-electron chi connectivity index (χ4n) is 1.37. The molecule has 0 aromatic carbocycles. The molecule has 10 heteroatoms. The maximum Gasteiger partial charge on any atom is 0.241 e. The molecular formula is C9H13N7O2S. The monoisotopic (exact) mass is 283 g/mol. The third kappa shape index (κ3) is 3.24. The van der Waals surface area contributed by atoms with Gasteiger partial charge in [0.2, 0.25) is 10.0 Å². The van der Waals surface area contributed by atoms with Crippen LogP contribution in [0.3, 0.4) is 0 Å². The number of hydrazine groups is 1. The van der Waals surface area contributed by atoms with Gasteiger partial charge < -0.3 is 5.43 Å². The molecular weight excluding hydrogens is 270 g/mol. The second-order valence-electron chi connectivity index (χ2n) is 3.68. The first-order valence-corrected chi connectivity index (χ1v) is 6.76. The maximum absolute atomic E-state index is 12.0. The topological polar surface area (TPSA) is 128 Å². The van der Waals surface area contributed by atoms with Crippen LogP contribution < -0.4 is 16.0 Å². The van der Waals surface area contributed by atoms with Crippen LogP contribution in [0.1, 0.15) is 5.82 Å². The van der Waals surface area contributed by atoms with Crippen molar-refractivity contribution in [1.82, 2.24) is 24.5 Å². The van der Waals surface area contributed by atoms with Crippen molar-refractivity contribution in [1.29, 1.82) is 0 Å². The van der Waals surface area contributed by atoms with Crippen molar-refractivity contribution in [2.75, 3.05) is 5.43 Å². The number of sulfonamides is 1. The van der Waals surface area contributed by atoms with Crippen LogP contribution in [0.2, 0.25) is 0 Å². The number of hydrogen-bond acceptors (Lipinski definition) is 7. The molecule has 0 aliphatic rings. The molecule has 2 heterocycles. The van der Waals surface area contributed by atoms with Gasteiger partial charge in [-0.25, -0.2) is 29.0 Å². The minimum Gasteiger partial charge on any atom is -0.308 e. The third-order valence-electron chi connectivity index (χ3n) is 2.26. The maximum atomic E-state index is 12.0. The van der Waals surface area contributed by atoms with Gasteiger partial charge in [-0.2, -0.15) is 5.10 Å². The van der Waals surface area contributed by atoms with Crippen LogP contribution in [0.25, 0.3) is 0 Å². The lowest BCUT2D eigenvalue weighted by Gasteiger charge is -2.06. The van der Waals surface area contributed by atoms with E-state index in [4.69, 9.17) is 5.84 Å². The van der Waals surface area contributed by atoms with E-state index in [1.54, 1.807) is 7.05 Å². The molecule has 0 aliphatic carbocycles. The van der Waals surface area contributed by atoms with Gasteiger partial charge in [0.05, 0.1) is 11.4 Å². The minimum absolute atomic E-state index is 0.0108. The molecule has 0 bridgehead atoms. The fraction of sp³-hybridized carbons (Fsp3) is 0.222. The van der Waals surface area contributed by atoms with E-state index in [1.807, 2.05) is 0 Å². The molecule has 0 fully saturated rings. The molecule has 0 saturated heterocycles. The molecule has 4 N–H and O–H groups in total. The van der Waals surface area contributed by atoms with Crippen molar-refractivity contribution in [3.05, 3.63) is 30.5 Å². The van der Waals surface area contributed by atoms with Crippen LogP contribution in [0, 0.1) is 0 Å². The molecule has 0 spiro atoms. The highest BCUT2D eigenvalue weighted by molar-refractivity contribution is 7.89. The molecule has 0 saturated carbocycles. The lowest BCUT2D eigenvalue weighted by molar-refractivity contribution is 0.578. The van der Waals surface area contributed by atoms with Gasteiger partial charge in [0.15, 0.2) is 5.82 Å². The molecule has 102 valence electrons. The summed E-state index contributed by atoms with van der Waals surface area (Å²) in [6.07, 6.45) is 2.84. The summed E-state index contributed by atoms with van der Waals surface area (Å²) in [7, 11) is -1.96. The number of rotatable bonds is 5. The smallest absolute Gasteiger partial charge is 0.241 e. The van der Waals surface area contributed by atoms with Crippen molar-refractivity contribution >= 4 is 15.8 Å². The number of nitrogens with two attached hydrogens (primary N) is 1. The van der Waals surface area contributed by atoms with E-state index in [9.17, 15) is 8.42 Å². The standard InChI is InChI=1S/C9H13N7O2S/c1-16-6-12-9(15-16)5-13-19(17,18)7-2-3-11-8(4-7)14-10/h2-4,6,13H,5,10H2,1H3,(H,11,14). The summed E-state index contributed by atoms with van der Waals surface area (Å²) in [5.74, 6) is 5.83. The van der Waals surface area contributed by atoms with Crippen molar-refractivity contribution in [3.8, 4) is 0 Å². The van der Waals surface area contributed by atoms with Gasteiger partial charge in [-0.1, -0.05) is 0 Å². The fourth-order valence-corrected chi connectivity index (χ4v) is 2.36. The molecule has 2 aromatic heterocycles. The first-order chi connectivity index (χ1) is 9.01. The second kappa shape index (κ2) is 5.30. The molecule has 0 aliphatic heterocycles. The van der Waals surface area contributed by atoms with E-state index in [0.29, 0.717) is 5.82 Å². The van der Waals surface area contributed by atoms with E-state index >= 15 is 0 Å². The molecule has 0 amide bonds. The number of aryl methyl sites for hydroxylation is 1. The van der Waals surface area contributed by atoms with Crippen LogP contribution in [0.15, 0.2) is 29.6 Å². The summed E-state index contributed by atoms with van der Waals surface area (Å²) >= 11 is 0. The summed E-state index contributed by atoms with van der Waals surface area (Å²) in [5.41, 5.74) is 2.29. The third-order valence-corrected chi connectivity index (χ3v) is 3.66. The highest BCUT2D eigenvalue weighted by Gasteiger charge is 2.15. The quantitative estimate of drug-likeness (QED) is 0.473. The number of aromatic nitrogens is 4. The number of nitrogens with one attached hydrogen (secondary N) is 2. The lowest BCUT2D eigenvalue weighted by atomic mass is 10.5. The van der Waals surface area contributed by atoms with E-state index in [-0.39, 0.29) is 17.3 Å². The normalized spacial score (nSPS) is 11.5. The Hall–Kier alpha value is -2.04. The Morgan fingerprint density at radius 2 is 2.21 bits per heavy atom. The van der Waals surface area contributed by atoms with Gasteiger partial charge in [0, 0.05) is 19.3 Å². The van der Waals surface area contributed by atoms with E-state index in [1.165, 1.54) is 29.3 Å². The SMILES string of the molecule is Cn1cnc(CNS(=O)(=O)c2ccnc(NN)c2)n1. The lowest BCUT2D eigenvalue weighted by Crippen LogP contribution is -2.24. The van der Waals surface area contributed by atoms with Gasteiger partial charge in [0.25, 0.3) is 0 Å². The van der Waals surface area contributed by atoms with Crippen LogP contribution in [0.4, 0.5) is 5.82 Å². The minimum atomic E-state index is -3.66. The number of nitrogen functional groups attached to an aromatic ring is 1. The number of hydrogen-bond donors (Lipinski definition) is 3. The number of pyridine rings is 1. The van der Waals surface area contributed by atoms with Gasteiger partial charge in [-0.3, -0.25) is 4.68 Å². The van der Waals surface area contributed by atoms with Crippen LogP contribution in [-0.2, 0) is 23.6 Å². The summed E-state index contributed by atoms with van der Waals surface area (Å²) in [4.78, 5) is 7.82. The van der Waals surface area contributed by atoms with Gasteiger partial charge in [0.1, 0.15) is 12.1 Å². The van der Waals surface area contributed by atoms with E-state index in [0.717, 1.165) is 0 Å². The Morgan fingerprint density at radius 1 is 1.42 bits per heavy atom. The molecule has 2 aromatic rings. The number of nitrogens with zero attached hydrogens (tertiary/aromatic N) is 4. The van der Waals surface area contributed by atoms with E-state index in [2.05, 4.69) is 25.2 Å². The first-order valence-electron chi connectivity index (χ1n) is 5.28. The molecule has 0 unspecified atom stereocenters. The van der Waals surface area contributed by atoms with Gasteiger partial charge >= 0.3 is 0 Å². The molecule has 9 nitrogen and oxygen atoms in total. The molecule has 19 heavy (non-hydrogen) atoms. The Bertz CT molecular complexity index is 667. The Kier molecular flexibility index (Phi) is 3.74. The van der Waals surface area contributed by atoms with Gasteiger partial charge in [-0.05, 0) is 6.07 Å². The zero-order valence-corrected chi connectivity index (χ0v) is 10.9. The predicted octanol–water partition coefficient (Wildman–Crippen LogP) is -1.03. The van der Waals surface area contributed by atoms with Crippen molar-refractivity contribution in [2.45, 2.75) is 11.4 Å². The Labute approximate surface area is 109 Å². The molecule has 2 rings (SSSR count). The predicted molar refractivity (Wildman–Crippen MR) is 67.1 cm³/mol. The largest absolute Gasteiger partial charge is 0.308 e. The van der Waals surface area contributed by atoms with Gasteiger partial charge in [-0.15, -0.1) is 0 Å². The van der Waals surface area contributed by atoms with Crippen molar-refractivity contribution in [2.24, 2.45) is 12.9 Å². The van der Waals surface area contributed by atoms with Crippen LogP contribution in [-0.4, -0.2) is 28.2 Å². The molecule has 0 atom stereocenters. The van der Waals surface area contributed by atoms with E-state index < -0.39 is 10.0 Å². The first kappa shape index (κ1) is 13.4.